The third-order valence-electron chi connectivity index (χ3n) is 2.10. The van der Waals surface area contributed by atoms with Crippen molar-refractivity contribution < 1.29 is 9.18 Å². The molecule has 14 heavy (non-hydrogen) atoms. The van der Waals surface area contributed by atoms with Gasteiger partial charge in [-0.2, -0.15) is 0 Å². The number of Topliss-reactive ketones (excluding diaryl/α,β-unsaturated/α-hetero) is 1. The lowest BCUT2D eigenvalue weighted by Gasteiger charge is -2.02. The van der Waals surface area contributed by atoms with Gasteiger partial charge in [-0.25, -0.2) is 4.39 Å². The summed E-state index contributed by atoms with van der Waals surface area (Å²) in [6.07, 6.45) is 1.55. The minimum Gasteiger partial charge on any atom is -0.294 e. The predicted molar refractivity (Wildman–Crippen MR) is 51.7 cm³/mol. The highest BCUT2D eigenvalue weighted by atomic mass is 19.1. The summed E-state index contributed by atoms with van der Waals surface area (Å²) in [6, 6.07) is 6.02. The fourth-order valence-corrected chi connectivity index (χ4v) is 1.42. The Hall–Kier alpha value is -1.77. The maximum atomic E-state index is 13.3. The standard InChI is InChI=1S/C11H8FNO/c1-7(14)8-4-5-10(12)9-3-2-6-13-11(8)9/h2-6H,1H3. The zero-order valence-electron chi connectivity index (χ0n) is 7.62. The fraction of sp³-hybridized carbons (Fsp3) is 0.0909. The van der Waals surface area contributed by atoms with Crippen molar-refractivity contribution in [1.82, 2.24) is 4.98 Å². The molecule has 2 nitrogen and oxygen atoms in total. The zero-order valence-corrected chi connectivity index (χ0v) is 7.62. The van der Waals surface area contributed by atoms with Crippen LogP contribution in [0.4, 0.5) is 4.39 Å². The summed E-state index contributed by atoms with van der Waals surface area (Å²) in [5, 5.41) is 0.389. The number of rotatable bonds is 1. The molecule has 0 N–H and O–H groups in total. The van der Waals surface area contributed by atoms with Crippen LogP contribution in [0.15, 0.2) is 30.5 Å². The molecule has 0 amide bonds. The highest BCUT2D eigenvalue weighted by Crippen LogP contribution is 2.19. The number of halogens is 1. The SMILES string of the molecule is CC(=O)c1ccc(F)c2cccnc12. The minimum absolute atomic E-state index is 0.103. The van der Waals surface area contributed by atoms with Crippen molar-refractivity contribution >= 4 is 16.7 Å². The quantitative estimate of drug-likeness (QED) is 0.645. The van der Waals surface area contributed by atoms with E-state index in [1.807, 2.05) is 0 Å². The number of benzene rings is 1. The molecule has 70 valence electrons. The summed E-state index contributed by atoms with van der Waals surface area (Å²) >= 11 is 0. The molecule has 0 aliphatic rings. The van der Waals surface area contributed by atoms with Crippen LogP contribution >= 0.6 is 0 Å². The van der Waals surface area contributed by atoms with E-state index in [1.54, 1.807) is 18.3 Å². The van der Waals surface area contributed by atoms with Gasteiger partial charge in [-0.1, -0.05) is 0 Å². The van der Waals surface area contributed by atoms with Crippen LogP contribution in [0, 0.1) is 5.82 Å². The Morgan fingerprint density at radius 1 is 1.36 bits per heavy atom. The van der Waals surface area contributed by atoms with Gasteiger partial charge in [0, 0.05) is 17.1 Å². The van der Waals surface area contributed by atoms with Crippen molar-refractivity contribution in [2.75, 3.05) is 0 Å². The van der Waals surface area contributed by atoms with Crippen molar-refractivity contribution in [1.29, 1.82) is 0 Å². The maximum absolute atomic E-state index is 13.3. The van der Waals surface area contributed by atoms with Gasteiger partial charge < -0.3 is 0 Å². The highest BCUT2D eigenvalue weighted by Gasteiger charge is 2.09. The number of aromatic nitrogens is 1. The van der Waals surface area contributed by atoms with Gasteiger partial charge in [0.2, 0.25) is 0 Å². The Bertz CT molecular complexity index is 508. The van der Waals surface area contributed by atoms with Crippen LogP contribution in [-0.2, 0) is 0 Å². The zero-order chi connectivity index (χ0) is 10.1. The van der Waals surface area contributed by atoms with Crippen molar-refractivity contribution in [3.63, 3.8) is 0 Å². The summed E-state index contributed by atoms with van der Waals surface area (Å²) in [6.45, 7) is 1.45. The van der Waals surface area contributed by atoms with E-state index in [4.69, 9.17) is 0 Å². The molecule has 3 heteroatoms. The lowest BCUT2D eigenvalue weighted by Crippen LogP contribution is -1.96. The monoisotopic (exact) mass is 189 g/mol. The van der Waals surface area contributed by atoms with Crippen LogP contribution < -0.4 is 0 Å². The van der Waals surface area contributed by atoms with Crippen LogP contribution in [0.3, 0.4) is 0 Å². The van der Waals surface area contributed by atoms with Gasteiger partial charge in [0.15, 0.2) is 5.78 Å². The van der Waals surface area contributed by atoms with E-state index in [9.17, 15) is 9.18 Å². The minimum atomic E-state index is -0.349. The van der Waals surface area contributed by atoms with Crippen LogP contribution in [0.2, 0.25) is 0 Å². The first-order chi connectivity index (χ1) is 6.70. The van der Waals surface area contributed by atoms with Crippen molar-refractivity contribution in [2.45, 2.75) is 6.92 Å². The number of pyridine rings is 1. The Morgan fingerprint density at radius 3 is 2.86 bits per heavy atom. The summed E-state index contributed by atoms with van der Waals surface area (Å²) in [5.74, 6) is -0.452. The predicted octanol–water partition coefficient (Wildman–Crippen LogP) is 2.58. The molecule has 0 radical (unpaired) electrons. The lowest BCUT2D eigenvalue weighted by atomic mass is 10.1. The topological polar surface area (TPSA) is 30.0 Å². The summed E-state index contributed by atoms with van der Waals surface area (Å²) < 4.78 is 13.3. The summed E-state index contributed by atoms with van der Waals surface area (Å²) in [7, 11) is 0. The highest BCUT2D eigenvalue weighted by molar-refractivity contribution is 6.05. The van der Waals surface area contributed by atoms with Crippen LogP contribution in [0.25, 0.3) is 10.9 Å². The molecule has 0 bridgehead atoms. The molecule has 2 rings (SSSR count). The second kappa shape index (κ2) is 3.18. The molecule has 0 aliphatic heterocycles. The Kier molecular flexibility index (Phi) is 2.00. The molecule has 1 heterocycles. The van der Waals surface area contributed by atoms with E-state index in [-0.39, 0.29) is 11.6 Å². The number of carbonyl (C=O) groups is 1. The first-order valence-electron chi connectivity index (χ1n) is 4.24. The van der Waals surface area contributed by atoms with Gasteiger partial charge in [0.1, 0.15) is 5.82 Å². The average Bonchev–Trinajstić information content (AvgIpc) is 2.18. The molecule has 2 aromatic rings. The van der Waals surface area contributed by atoms with E-state index in [0.717, 1.165) is 0 Å². The second-order valence-corrected chi connectivity index (χ2v) is 3.05. The Labute approximate surface area is 80.4 Å². The van der Waals surface area contributed by atoms with E-state index >= 15 is 0 Å². The van der Waals surface area contributed by atoms with Crippen molar-refractivity contribution in [3.05, 3.63) is 41.8 Å². The number of nitrogens with zero attached hydrogens (tertiary/aromatic N) is 1. The average molecular weight is 189 g/mol. The Balaban J connectivity index is 2.88. The van der Waals surface area contributed by atoms with Gasteiger partial charge in [-0.3, -0.25) is 9.78 Å². The van der Waals surface area contributed by atoms with Gasteiger partial charge in [0.25, 0.3) is 0 Å². The van der Waals surface area contributed by atoms with Crippen LogP contribution in [0.5, 0.6) is 0 Å². The molecule has 0 unspecified atom stereocenters. The molecule has 0 saturated heterocycles. The summed E-state index contributed by atoms with van der Waals surface area (Å²) in [5.41, 5.74) is 0.891. The van der Waals surface area contributed by atoms with Crippen molar-refractivity contribution in [2.24, 2.45) is 0 Å². The van der Waals surface area contributed by atoms with E-state index < -0.39 is 0 Å². The molecular weight excluding hydrogens is 181 g/mol. The second-order valence-electron chi connectivity index (χ2n) is 3.05. The molecule has 1 aromatic carbocycles. The molecule has 0 spiro atoms. The molecular formula is C11H8FNO. The number of hydrogen-bond acceptors (Lipinski definition) is 2. The fourth-order valence-electron chi connectivity index (χ4n) is 1.42. The van der Waals surface area contributed by atoms with Gasteiger partial charge in [-0.15, -0.1) is 0 Å². The van der Waals surface area contributed by atoms with Gasteiger partial charge >= 0.3 is 0 Å². The number of carbonyl (C=O) groups excluding carboxylic acids is 1. The third kappa shape index (κ3) is 1.27. The molecule has 0 atom stereocenters. The lowest BCUT2D eigenvalue weighted by molar-refractivity contribution is 0.101. The summed E-state index contributed by atoms with van der Waals surface area (Å²) in [4.78, 5) is 15.2. The van der Waals surface area contributed by atoms with Crippen LogP contribution in [0.1, 0.15) is 17.3 Å². The Morgan fingerprint density at radius 2 is 2.14 bits per heavy atom. The normalized spacial score (nSPS) is 10.4. The molecule has 0 saturated carbocycles. The first kappa shape index (κ1) is 8.81. The first-order valence-corrected chi connectivity index (χ1v) is 4.24. The molecule has 1 aromatic heterocycles. The molecule has 0 aliphatic carbocycles. The van der Waals surface area contributed by atoms with E-state index in [2.05, 4.69) is 4.98 Å². The van der Waals surface area contributed by atoms with Crippen molar-refractivity contribution in [3.8, 4) is 0 Å². The largest absolute Gasteiger partial charge is 0.294 e. The number of ketones is 1. The van der Waals surface area contributed by atoms with Crippen LogP contribution in [-0.4, -0.2) is 10.8 Å². The van der Waals surface area contributed by atoms with E-state index in [1.165, 1.54) is 19.1 Å². The number of hydrogen-bond donors (Lipinski definition) is 0. The van der Waals surface area contributed by atoms with E-state index in [0.29, 0.717) is 16.5 Å². The third-order valence-corrected chi connectivity index (χ3v) is 2.10. The number of fused-ring (bicyclic) bond motifs is 1. The smallest absolute Gasteiger partial charge is 0.161 e. The maximum Gasteiger partial charge on any atom is 0.161 e. The van der Waals surface area contributed by atoms with Gasteiger partial charge in [-0.05, 0) is 31.2 Å². The van der Waals surface area contributed by atoms with Gasteiger partial charge in [0.05, 0.1) is 5.52 Å². The molecule has 0 fully saturated rings.